The van der Waals surface area contributed by atoms with Crippen LogP contribution in [0.25, 0.3) is 0 Å². The SMILES string of the molecule is Cc1ccc(N(C)c2nc(NN)ccc2[N+](=O)[O-])cc1. The molecule has 2 aromatic rings. The van der Waals surface area contributed by atoms with E-state index in [4.69, 9.17) is 5.84 Å². The second-order valence-corrected chi connectivity index (χ2v) is 4.34. The molecule has 0 aliphatic rings. The number of pyridine rings is 1. The zero-order valence-electron chi connectivity index (χ0n) is 11.2. The van der Waals surface area contributed by atoms with E-state index in [1.807, 2.05) is 31.2 Å². The summed E-state index contributed by atoms with van der Waals surface area (Å²) in [7, 11) is 1.72. The summed E-state index contributed by atoms with van der Waals surface area (Å²) in [5.74, 6) is 5.90. The van der Waals surface area contributed by atoms with Crippen molar-refractivity contribution in [3.05, 3.63) is 52.1 Å². The predicted molar refractivity (Wildman–Crippen MR) is 77.9 cm³/mol. The van der Waals surface area contributed by atoms with Crippen LogP contribution in [0.5, 0.6) is 0 Å². The number of hydrazine groups is 1. The Labute approximate surface area is 116 Å². The maximum absolute atomic E-state index is 11.1. The van der Waals surface area contributed by atoms with Gasteiger partial charge in [-0.2, -0.15) is 0 Å². The van der Waals surface area contributed by atoms with E-state index in [0.717, 1.165) is 11.3 Å². The molecule has 2 rings (SSSR count). The van der Waals surface area contributed by atoms with Crippen molar-refractivity contribution in [3.8, 4) is 0 Å². The Hall–Kier alpha value is -2.67. The summed E-state index contributed by atoms with van der Waals surface area (Å²) in [6.45, 7) is 1.98. The second kappa shape index (κ2) is 5.54. The minimum Gasteiger partial charge on any atom is -0.324 e. The fourth-order valence-corrected chi connectivity index (χ4v) is 1.80. The number of nitrogens with one attached hydrogen (secondary N) is 1. The molecular weight excluding hydrogens is 258 g/mol. The van der Waals surface area contributed by atoms with Crippen LogP contribution in [0.3, 0.4) is 0 Å². The highest BCUT2D eigenvalue weighted by molar-refractivity contribution is 5.69. The molecule has 0 bridgehead atoms. The Morgan fingerprint density at radius 2 is 1.90 bits per heavy atom. The summed E-state index contributed by atoms with van der Waals surface area (Å²) >= 11 is 0. The summed E-state index contributed by atoms with van der Waals surface area (Å²) in [6.07, 6.45) is 0. The summed E-state index contributed by atoms with van der Waals surface area (Å²) in [5, 5.41) is 11.1. The number of nitrogen functional groups attached to an aromatic ring is 1. The van der Waals surface area contributed by atoms with Crippen molar-refractivity contribution in [1.29, 1.82) is 0 Å². The highest BCUT2D eigenvalue weighted by Gasteiger charge is 2.20. The topological polar surface area (TPSA) is 97.3 Å². The maximum Gasteiger partial charge on any atom is 0.312 e. The van der Waals surface area contributed by atoms with Gasteiger partial charge in [0.1, 0.15) is 5.82 Å². The van der Waals surface area contributed by atoms with E-state index < -0.39 is 4.92 Å². The number of nitrogens with zero attached hydrogens (tertiary/aromatic N) is 3. The molecule has 7 heteroatoms. The molecule has 0 aliphatic carbocycles. The average Bonchev–Trinajstić information content (AvgIpc) is 2.46. The van der Waals surface area contributed by atoms with E-state index in [-0.39, 0.29) is 11.5 Å². The standard InChI is InChI=1S/C13H15N5O2/c1-9-3-5-10(6-4-9)17(2)13-11(18(19)20)7-8-12(15-13)16-14/h3-8H,14H2,1-2H3,(H,15,16). The van der Waals surface area contributed by atoms with E-state index in [9.17, 15) is 10.1 Å². The van der Waals surface area contributed by atoms with Gasteiger partial charge in [0.05, 0.1) is 4.92 Å². The number of hydrogen-bond donors (Lipinski definition) is 2. The number of aryl methyl sites for hydroxylation is 1. The van der Waals surface area contributed by atoms with Crippen molar-refractivity contribution in [2.45, 2.75) is 6.92 Å². The van der Waals surface area contributed by atoms with Crippen LogP contribution in [-0.2, 0) is 0 Å². The number of nitro groups is 1. The quantitative estimate of drug-likeness (QED) is 0.504. The van der Waals surface area contributed by atoms with Gasteiger partial charge in [0.15, 0.2) is 0 Å². The molecule has 0 saturated carbocycles. The average molecular weight is 273 g/mol. The molecule has 104 valence electrons. The number of benzene rings is 1. The minimum atomic E-state index is -0.465. The zero-order valence-corrected chi connectivity index (χ0v) is 11.2. The highest BCUT2D eigenvalue weighted by Crippen LogP contribution is 2.31. The van der Waals surface area contributed by atoms with Crippen molar-refractivity contribution >= 4 is 23.0 Å². The van der Waals surface area contributed by atoms with Gasteiger partial charge in [-0.15, -0.1) is 0 Å². The molecule has 0 radical (unpaired) electrons. The first-order chi connectivity index (χ1) is 9.52. The molecule has 1 heterocycles. The number of nitrogens with two attached hydrogens (primary N) is 1. The molecule has 1 aromatic heterocycles. The monoisotopic (exact) mass is 273 g/mol. The summed E-state index contributed by atoms with van der Waals surface area (Å²) in [5.41, 5.74) is 4.23. The molecule has 3 N–H and O–H groups in total. The predicted octanol–water partition coefficient (Wildman–Crippen LogP) is 2.35. The van der Waals surface area contributed by atoms with Crippen LogP contribution >= 0.6 is 0 Å². The highest BCUT2D eigenvalue weighted by atomic mass is 16.6. The van der Waals surface area contributed by atoms with E-state index in [2.05, 4.69) is 10.4 Å². The van der Waals surface area contributed by atoms with Crippen LogP contribution in [0.4, 0.5) is 23.0 Å². The number of aromatic nitrogens is 1. The van der Waals surface area contributed by atoms with E-state index in [1.165, 1.54) is 12.1 Å². The van der Waals surface area contributed by atoms with E-state index >= 15 is 0 Å². The van der Waals surface area contributed by atoms with Crippen molar-refractivity contribution in [3.63, 3.8) is 0 Å². The van der Waals surface area contributed by atoms with Gasteiger partial charge in [-0.3, -0.25) is 10.1 Å². The third kappa shape index (κ3) is 2.67. The number of anilines is 3. The van der Waals surface area contributed by atoms with Crippen LogP contribution in [-0.4, -0.2) is 17.0 Å². The smallest absolute Gasteiger partial charge is 0.312 e. The molecule has 0 aliphatic heterocycles. The van der Waals surface area contributed by atoms with E-state index in [1.54, 1.807) is 11.9 Å². The fraction of sp³-hybridized carbons (Fsp3) is 0.154. The van der Waals surface area contributed by atoms with Gasteiger partial charge in [0.25, 0.3) is 0 Å². The lowest BCUT2D eigenvalue weighted by atomic mass is 10.2. The van der Waals surface area contributed by atoms with E-state index in [0.29, 0.717) is 5.82 Å². The van der Waals surface area contributed by atoms with Crippen molar-refractivity contribution < 1.29 is 4.92 Å². The molecule has 1 aromatic carbocycles. The lowest BCUT2D eigenvalue weighted by molar-refractivity contribution is -0.384. The van der Waals surface area contributed by atoms with Crippen LogP contribution in [0.2, 0.25) is 0 Å². The number of rotatable bonds is 4. The van der Waals surface area contributed by atoms with Crippen molar-refractivity contribution in [2.75, 3.05) is 17.4 Å². The van der Waals surface area contributed by atoms with Crippen LogP contribution in [0, 0.1) is 17.0 Å². The van der Waals surface area contributed by atoms with Gasteiger partial charge in [0, 0.05) is 18.8 Å². The van der Waals surface area contributed by atoms with Gasteiger partial charge >= 0.3 is 5.69 Å². The van der Waals surface area contributed by atoms with Gasteiger partial charge in [-0.05, 0) is 25.1 Å². The molecule has 0 amide bonds. The normalized spacial score (nSPS) is 10.2. The first-order valence-electron chi connectivity index (χ1n) is 5.95. The number of hydrogen-bond acceptors (Lipinski definition) is 6. The Morgan fingerprint density at radius 3 is 2.45 bits per heavy atom. The second-order valence-electron chi connectivity index (χ2n) is 4.34. The van der Waals surface area contributed by atoms with Gasteiger partial charge in [-0.25, -0.2) is 10.8 Å². The molecule has 0 fully saturated rings. The molecule has 0 atom stereocenters. The lowest BCUT2D eigenvalue weighted by Gasteiger charge is -2.19. The third-order valence-electron chi connectivity index (χ3n) is 2.94. The summed E-state index contributed by atoms with van der Waals surface area (Å²) < 4.78 is 0. The lowest BCUT2D eigenvalue weighted by Crippen LogP contribution is -2.16. The summed E-state index contributed by atoms with van der Waals surface area (Å²) in [4.78, 5) is 16.4. The first kappa shape index (κ1) is 13.8. The molecule has 0 saturated heterocycles. The minimum absolute atomic E-state index is 0.0768. The zero-order chi connectivity index (χ0) is 14.7. The molecule has 20 heavy (non-hydrogen) atoms. The van der Waals surface area contributed by atoms with Crippen LogP contribution < -0.4 is 16.2 Å². The van der Waals surface area contributed by atoms with Crippen LogP contribution in [0.1, 0.15) is 5.56 Å². The van der Waals surface area contributed by atoms with Gasteiger partial charge in [-0.1, -0.05) is 17.7 Å². The third-order valence-corrected chi connectivity index (χ3v) is 2.94. The van der Waals surface area contributed by atoms with Crippen molar-refractivity contribution in [1.82, 2.24) is 4.98 Å². The van der Waals surface area contributed by atoms with Crippen LogP contribution in [0.15, 0.2) is 36.4 Å². The largest absolute Gasteiger partial charge is 0.324 e. The van der Waals surface area contributed by atoms with Gasteiger partial charge < -0.3 is 10.3 Å². The Bertz CT molecular complexity index is 627. The van der Waals surface area contributed by atoms with Crippen molar-refractivity contribution in [2.24, 2.45) is 5.84 Å². The molecule has 0 unspecified atom stereocenters. The maximum atomic E-state index is 11.1. The first-order valence-corrected chi connectivity index (χ1v) is 5.95. The Morgan fingerprint density at radius 1 is 1.25 bits per heavy atom. The molecular formula is C13H15N5O2. The summed E-state index contributed by atoms with van der Waals surface area (Å²) in [6, 6.07) is 10.5. The molecule has 7 nitrogen and oxygen atoms in total. The fourth-order valence-electron chi connectivity index (χ4n) is 1.80. The Kier molecular flexibility index (Phi) is 3.81. The van der Waals surface area contributed by atoms with Gasteiger partial charge in [0.2, 0.25) is 5.82 Å². The molecule has 0 spiro atoms. The Balaban J connectivity index is 2.48.